The van der Waals surface area contributed by atoms with Crippen LogP contribution >= 0.6 is 0 Å². The molecule has 6 atom stereocenters. The van der Waals surface area contributed by atoms with Gasteiger partial charge in [-0.25, -0.2) is 4.79 Å². The molecule has 1 aromatic rings. The molecule has 2 aliphatic rings. The molecule has 3 N–H and O–H groups in total. The molecule has 7 heteroatoms. The highest BCUT2D eigenvalue weighted by molar-refractivity contribution is 5.78. The van der Waals surface area contributed by atoms with Gasteiger partial charge in [-0.3, -0.25) is 4.79 Å². The van der Waals surface area contributed by atoms with E-state index in [1.165, 1.54) is 5.56 Å². The van der Waals surface area contributed by atoms with E-state index in [1.807, 2.05) is 46.8 Å². The maximum Gasteiger partial charge on any atom is 0.344 e. The van der Waals surface area contributed by atoms with E-state index in [4.69, 9.17) is 9.47 Å². The Balaban J connectivity index is 1.56. The van der Waals surface area contributed by atoms with E-state index in [9.17, 15) is 19.8 Å². The molecular weight excluding hydrogens is 506 g/mol. The van der Waals surface area contributed by atoms with Crippen molar-refractivity contribution in [1.29, 1.82) is 0 Å². The zero-order chi connectivity index (χ0) is 29.4. The van der Waals surface area contributed by atoms with E-state index >= 15 is 0 Å². The fourth-order valence-electron chi connectivity index (χ4n) is 6.50. The second-order valence-electron chi connectivity index (χ2n) is 13.5. The van der Waals surface area contributed by atoms with Gasteiger partial charge in [-0.2, -0.15) is 0 Å². The SMILES string of the molecule is CCCCC[C@H](O)CC[C@@H]1[C@H]2Cc3cccc(OCC(=O)OC(CC(=O)NC(C)(C)C)C(C)C)c3C[C@H]2C[C@H]1O. The number of hydrogen-bond donors (Lipinski definition) is 3. The molecule has 1 fully saturated rings. The molecule has 0 aromatic heterocycles. The van der Waals surface area contributed by atoms with Crippen molar-refractivity contribution >= 4 is 11.9 Å². The number of rotatable bonds is 14. The summed E-state index contributed by atoms with van der Waals surface area (Å²) in [7, 11) is 0. The van der Waals surface area contributed by atoms with Crippen molar-refractivity contribution in [3.05, 3.63) is 29.3 Å². The Labute approximate surface area is 241 Å². The minimum atomic E-state index is -0.522. The van der Waals surface area contributed by atoms with Crippen molar-refractivity contribution in [3.8, 4) is 5.75 Å². The number of nitrogens with one attached hydrogen (secondary N) is 1. The molecule has 1 aromatic carbocycles. The number of amides is 1. The summed E-state index contributed by atoms with van der Waals surface area (Å²) in [4.78, 5) is 25.1. The third-order valence-electron chi connectivity index (χ3n) is 8.59. The lowest BCUT2D eigenvalue weighted by Gasteiger charge is -2.32. The molecule has 0 spiro atoms. The molecular formula is C33H53NO6. The number of unbranched alkanes of at least 4 members (excludes halogenated alkanes) is 2. The van der Waals surface area contributed by atoms with Crippen LogP contribution in [-0.2, 0) is 27.2 Å². The van der Waals surface area contributed by atoms with E-state index in [2.05, 4.69) is 18.3 Å². The third-order valence-corrected chi connectivity index (χ3v) is 8.59. The summed E-state index contributed by atoms with van der Waals surface area (Å²) in [6.07, 6.45) is 7.26. The summed E-state index contributed by atoms with van der Waals surface area (Å²) >= 11 is 0. The van der Waals surface area contributed by atoms with Gasteiger partial charge in [0.15, 0.2) is 6.61 Å². The van der Waals surface area contributed by atoms with Gasteiger partial charge in [0.2, 0.25) is 5.91 Å². The van der Waals surface area contributed by atoms with Gasteiger partial charge in [0.1, 0.15) is 11.9 Å². The monoisotopic (exact) mass is 559 g/mol. The smallest absolute Gasteiger partial charge is 0.344 e. The molecule has 0 heterocycles. The van der Waals surface area contributed by atoms with Gasteiger partial charge in [-0.1, -0.05) is 52.2 Å². The quantitative estimate of drug-likeness (QED) is 0.209. The number of hydrogen-bond acceptors (Lipinski definition) is 6. The maximum atomic E-state index is 12.7. The predicted octanol–water partition coefficient (Wildman–Crippen LogP) is 5.37. The topological polar surface area (TPSA) is 105 Å². The summed E-state index contributed by atoms with van der Waals surface area (Å²) in [6.45, 7) is 11.6. The minimum Gasteiger partial charge on any atom is -0.482 e. The van der Waals surface area contributed by atoms with Gasteiger partial charge in [0.25, 0.3) is 0 Å². The van der Waals surface area contributed by atoms with Gasteiger partial charge in [0, 0.05) is 5.54 Å². The molecule has 0 bridgehead atoms. The van der Waals surface area contributed by atoms with Crippen LogP contribution in [0.15, 0.2) is 18.2 Å². The lowest BCUT2D eigenvalue weighted by molar-refractivity contribution is -0.155. The number of fused-ring (bicyclic) bond motifs is 2. The third kappa shape index (κ3) is 9.47. The van der Waals surface area contributed by atoms with Crippen molar-refractivity contribution in [3.63, 3.8) is 0 Å². The van der Waals surface area contributed by atoms with Crippen LogP contribution in [0.2, 0.25) is 0 Å². The van der Waals surface area contributed by atoms with Crippen molar-refractivity contribution in [2.45, 2.75) is 130 Å². The normalized spacial score (nSPS) is 23.7. The van der Waals surface area contributed by atoms with Crippen LogP contribution in [0.3, 0.4) is 0 Å². The van der Waals surface area contributed by atoms with Crippen LogP contribution in [0.25, 0.3) is 0 Å². The largest absolute Gasteiger partial charge is 0.482 e. The van der Waals surface area contributed by atoms with E-state index in [1.54, 1.807) is 0 Å². The average Bonchev–Trinajstić information content (AvgIpc) is 3.17. The number of aliphatic hydroxyl groups is 2. The minimum absolute atomic E-state index is 0.00437. The Bertz CT molecular complexity index is 970. The van der Waals surface area contributed by atoms with Gasteiger partial charge >= 0.3 is 5.97 Å². The Kier molecular flexibility index (Phi) is 11.9. The average molecular weight is 560 g/mol. The van der Waals surface area contributed by atoms with E-state index in [-0.39, 0.29) is 48.5 Å². The Morgan fingerprint density at radius 1 is 1.12 bits per heavy atom. The first-order chi connectivity index (χ1) is 18.9. The Hall–Kier alpha value is -2.12. The number of ether oxygens (including phenoxy) is 2. The molecule has 3 rings (SSSR count). The van der Waals surface area contributed by atoms with Crippen molar-refractivity contribution in [2.24, 2.45) is 23.7 Å². The number of aliphatic hydroxyl groups excluding tert-OH is 2. The fraction of sp³-hybridized carbons (Fsp3) is 0.758. The zero-order valence-corrected chi connectivity index (χ0v) is 25.6. The molecule has 0 aliphatic heterocycles. The van der Waals surface area contributed by atoms with E-state index in [0.717, 1.165) is 63.4 Å². The van der Waals surface area contributed by atoms with Gasteiger partial charge in [-0.05, 0) is 100 Å². The standard InChI is InChI=1S/C33H53NO6/c1-7-8-9-12-24(35)14-15-25-26-16-22-11-10-13-29(27(22)17-23(26)18-28(25)36)39-20-32(38)40-30(21(2)3)19-31(37)34-33(4,5)6/h10-11,13,21,23-26,28,30,35-36H,7-9,12,14-20H2,1-6H3,(H,34,37)/t23-,24-,25+,26-,28+,30?/m0/s1. The molecule has 40 heavy (non-hydrogen) atoms. The Morgan fingerprint density at radius 2 is 1.88 bits per heavy atom. The summed E-state index contributed by atoms with van der Waals surface area (Å²) < 4.78 is 11.6. The number of carbonyl (C=O) groups excluding carboxylic acids is 2. The first-order valence-electron chi connectivity index (χ1n) is 15.5. The summed E-state index contributed by atoms with van der Waals surface area (Å²) in [5, 5.41) is 24.3. The zero-order valence-electron chi connectivity index (χ0n) is 25.6. The maximum absolute atomic E-state index is 12.7. The summed E-state index contributed by atoms with van der Waals surface area (Å²) in [5.41, 5.74) is 1.99. The van der Waals surface area contributed by atoms with Crippen LogP contribution in [0.1, 0.15) is 104 Å². The molecule has 1 unspecified atom stereocenters. The molecule has 2 aliphatic carbocycles. The van der Waals surface area contributed by atoms with Crippen LogP contribution in [0, 0.1) is 23.7 Å². The van der Waals surface area contributed by atoms with E-state index < -0.39 is 12.1 Å². The summed E-state index contributed by atoms with van der Waals surface area (Å²) in [5.74, 6) is 1.04. The van der Waals surface area contributed by atoms with Crippen molar-refractivity contribution < 1.29 is 29.3 Å². The number of carbonyl (C=O) groups is 2. The highest BCUT2D eigenvalue weighted by Crippen LogP contribution is 2.48. The highest BCUT2D eigenvalue weighted by atomic mass is 16.6. The molecule has 1 amide bonds. The van der Waals surface area contributed by atoms with Crippen LogP contribution in [0.5, 0.6) is 5.75 Å². The van der Waals surface area contributed by atoms with Gasteiger partial charge < -0.3 is 25.0 Å². The first kappa shape index (κ1) is 32.4. The predicted molar refractivity (Wildman–Crippen MR) is 157 cm³/mol. The number of benzene rings is 1. The summed E-state index contributed by atoms with van der Waals surface area (Å²) in [6, 6.07) is 5.99. The molecule has 0 radical (unpaired) electrons. The highest BCUT2D eigenvalue weighted by Gasteiger charge is 2.45. The lowest BCUT2D eigenvalue weighted by Crippen LogP contribution is -2.43. The first-order valence-corrected chi connectivity index (χ1v) is 15.5. The molecule has 226 valence electrons. The van der Waals surface area contributed by atoms with Crippen molar-refractivity contribution in [2.75, 3.05) is 6.61 Å². The second kappa shape index (κ2) is 14.7. The Morgan fingerprint density at radius 3 is 2.55 bits per heavy atom. The van der Waals surface area contributed by atoms with Crippen LogP contribution in [0.4, 0.5) is 0 Å². The molecule has 7 nitrogen and oxygen atoms in total. The van der Waals surface area contributed by atoms with Gasteiger partial charge in [0.05, 0.1) is 18.6 Å². The number of esters is 1. The second-order valence-corrected chi connectivity index (χ2v) is 13.5. The molecule has 1 saturated carbocycles. The fourth-order valence-corrected chi connectivity index (χ4v) is 6.50. The van der Waals surface area contributed by atoms with Gasteiger partial charge in [-0.15, -0.1) is 0 Å². The van der Waals surface area contributed by atoms with E-state index in [0.29, 0.717) is 17.6 Å². The lowest BCUT2D eigenvalue weighted by atomic mass is 9.73. The van der Waals surface area contributed by atoms with Crippen LogP contribution in [-0.4, -0.2) is 52.5 Å². The molecule has 0 saturated heterocycles. The van der Waals surface area contributed by atoms with Crippen LogP contribution < -0.4 is 10.1 Å². The van der Waals surface area contributed by atoms with Crippen molar-refractivity contribution in [1.82, 2.24) is 5.32 Å².